The Labute approximate surface area is 150 Å². The normalized spacial score (nSPS) is 14.3. The summed E-state index contributed by atoms with van der Waals surface area (Å²) in [5.74, 6) is 1.60. The van der Waals surface area contributed by atoms with Crippen LogP contribution in [-0.2, 0) is 11.2 Å². The van der Waals surface area contributed by atoms with E-state index in [0.717, 1.165) is 49.1 Å². The largest absolute Gasteiger partial charge is 0.379 e. The molecule has 1 aliphatic carbocycles. The Kier molecular flexibility index (Phi) is 7.73. The second-order valence-corrected chi connectivity index (χ2v) is 6.59. The van der Waals surface area contributed by atoms with Crippen LogP contribution >= 0.6 is 0 Å². The van der Waals surface area contributed by atoms with Crippen molar-refractivity contribution in [3.8, 4) is 0 Å². The minimum Gasteiger partial charge on any atom is -0.379 e. The third-order valence-electron chi connectivity index (χ3n) is 4.10. The fraction of sp³-hybridized carbons (Fsp3) is 0.579. The molecule has 0 radical (unpaired) electrons. The van der Waals surface area contributed by atoms with E-state index in [1.165, 1.54) is 12.8 Å². The second kappa shape index (κ2) is 10.0. The first-order chi connectivity index (χ1) is 12.1. The average molecular weight is 346 g/mol. The maximum Gasteiger partial charge on any atom is 0.253 e. The molecule has 0 saturated heterocycles. The predicted molar refractivity (Wildman–Crippen MR) is 101 cm³/mol. The number of nitrogens with one attached hydrogen (secondary N) is 2. The van der Waals surface area contributed by atoms with Crippen LogP contribution in [0.25, 0.3) is 0 Å². The van der Waals surface area contributed by atoms with Crippen molar-refractivity contribution >= 4 is 11.9 Å². The van der Waals surface area contributed by atoms with Crippen molar-refractivity contribution in [1.29, 1.82) is 0 Å². The number of ether oxygens (including phenoxy) is 1. The minimum absolute atomic E-state index is 0.0264. The Morgan fingerprint density at radius 2 is 2.04 bits per heavy atom. The lowest BCUT2D eigenvalue weighted by atomic mass is 10.1. The van der Waals surface area contributed by atoms with Crippen molar-refractivity contribution in [2.75, 3.05) is 47.4 Å². The molecule has 0 unspecified atom stereocenters. The van der Waals surface area contributed by atoms with Crippen LogP contribution in [0.1, 0.15) is 28.8 Å². The molecule has 138 valence electrons. The van der Waals surface area contributed by atoms with Gasteiger partial charge in [-0.15, -0.1) is 0 Å². The number of carbonyl (C=O) groups is 1. The van der Waals surface area contributed by atoms with Gasteiger partial charge in [-0.05, 0) is 42.9 Å². The average Bonchev–Trinajstić information content (AvgIpc) is 3.43. The summed E-state index contributed by atoms with van der Waals surface area (Å²) in [6, 6.07) is 7.76. The standard InChI is InChI=1S/C19H30N4O2/c1-20-19(22-11-12-25-14-16-7-8-16)21-10-9-15-5-4-6-17(13-15)18(24)23(2)3/h4-6,13,16H,7-12,14H2,1-3H3,(H2,20,21,22). The molecule has 2 N–H and O–H groups in total. The molecule has 0 bridgehead atoms. The third kappa shape index (κ3) is 7.13. The highest BCUT2D eigenvalue weighted by molar-refractivity contribution is 5.94. The quantitative estimate of drug-likeness (QED) is 0.404. The fourth-order valence-corrected chi connectivity index (χ4v) is 2.44. The van der Waals surface area contributed by atoms with Gasteiger partial charge in [0.25, 0.3) is 5.91 Å². The number of nitrogens with zero attached hydrogens (tertiary/aromatic N) is 2. The van der Waals surface area contributed by atoms with Crippen LogP contribution in [0.15, 0.2) is 29.3 Å². The van der Waals surface area contributed by atoms with E-state index in [-0.39, 0.29) is 5.91 Å². The van der Waals surface area contributed by atoms with Gasteiger partial charge in [0.1, 0.15) is 0 Å². The zero-order valence-electron chi connectivity index (χ0n) is 15.5. The van der Waals surface area contributed by atoms with Crippen molar-refractivity contribution in [3.05, 3.63) is 35.4 Å². The van der Waals surface area contributed by atoms with Crippen molar-refractivity contribution in [3.63, 3.8) is 0 Å². The van der Waals surface area contributed by atoms with Crippen LogP contribution in [0.5, 0.6) is 0 Å². The van der Waals surface area contributed by atoms with E-state index in [9.17, 15) is 4.79 Å². The number of hydrogen-bond donors (Lipinski definition) is 2. The minimum atomic E-state index is 0.0264. The first-order valence-corrected chi connectivity index (χ1v) is 8.93. The van der Waals surface area contributed by atoms with E-state index in [1.54, 1.807) is 26.0 Å². The van der Waals surface area contributed by atoms with Crippen molar-refractivity contribution in [2.45, 2.75) is 19.3 Å². The summed E-state index contributed by atoms with van der Waals surface area (Å²) in [7, 11) is 5.29. The summed E-state index contributed by atoms with van der Waals surface area (Å²) in [4.78, 5) is 17.8. The van der Waals surface area contributed by atoms with Gasteiger partial charge in [0.2, 0.25) is 0 Å². The molecule has 0 heterocycles. The van der Waals surface area contributed by atoms with Crippen LogP contribution < -0.4 is 10.6 Å². The molecule has 1 fully saturated rings. The Hall–Kier alpha value is -2.08. The van der Waals surface area contributed by atoms with Gasteiger partial charge < -0.3 is 20.3 Å². The Morgan fingerprint density at radius 3 is 2.72 bits per heavy atom. The summed E-state index contributed by atoms with van der Waals surface area (Å²) in [6.45, 7) is 3.09. The van der Waals surface area contributed by atoms with Gasteiger partial charge in [-0.2, -0.15) is 0 Å². The van der Waals surface area contributed by atoms with Crippen molar-refractivity contribution < 1.29 is 9.53 Å². The zero-order chi connectivity index (χ0) is 18.1. The molecule has 0 aromatic heterocycles. The van der Waals surface area contributed by atoms with Gasteiger partial charge in [0.05, 0.1) is 6.61 Å². The van der Waals surface area contributed by atoms with Crippen molar-refractivity contribution in [2.24, 2.45) is 10.9 Å². The Morgan fingerprint density at radius 1 is 1.28 bits per heavy atom. The maximum absolute atomic E-state index is 12.0. The number of amides is 1. The molecule has 0 spiro atoms. The van der Waals surface area contributed by atoms with Gasteiger partial charge in [0, 0.05) is 46.4 Å². The summed E-state index contributed by atoms with van der Waals surface area (Å²) in [6.07, 6.45) is 3.46. The van der Waals surface area contributed by atoms with Gasteiger partial charge in [0.15, 0.2) is 5.96 Å². The smallest absolute Gasteiger partial charge is 0.253 e. The molecule has 0 aliphatic heterocycles. The first-order valence-electron chi connectivity index (χ1n) is 8.93. The molecule has 2 rings (SSSR count). The summed E-state index contributed by atoms with van der Waals surface area (Å²) in [5.41, 5.74) is 1.85. The molecule has 1 aliphatic rings. The number of carbonyl (C=O) groups excluding carboxylic acids is 1. The van der Waals surface area contributed by atoms with Crippen LogP contribution in [0.4, 0.5) is 0 Å². The van der Waals surface area contributed by atoms with E-state index in [4.69, 9.17) is 4.74 Å². The van der Waals surface area contributed by atoms with Crippen LogP contribution in [-0.4, -0.2) is 64.2 Å². The number of benzene rings is 1. The second-order valence-electron chi connectivity index (χ2n) is 6.59. The van der Waals surface area contributed by atoms with E-state index >= 15 is 0 Å². The molecule has 0 atom stereocenters. The highest BCUT2D eigenvalue weighted by Crippen LogP contribution is 2.28. The molecule has 6 heteroatoms. The lowest BCUT2D eigenvalue weighted by molar-refractivity contribution is 0.0827. The van der Waals surface area contributed by atoms with Gasteiger partial charge in [-0.1, -0.05) is 12.1 Å². The van der Waals surface area contributed by atoms with Crippen LogP contribution in [0.3, 0.4) is 0 Å². The number of aliphatic imine (C=N–C) groups is 1. The predicted octanol–water partition coefficient (Wildman–Crippen LogP) is 1.52. The highest BCUT2D eigenvalue weighted by atomic mass is 16.5. The number of guanidine groups is 1. The Bertz CT molecular complexity index is 583. The molecule has 6 nitrogen and oxygen atoms in total. The molecular formula is C19H30N4O2. The summed E-state index contributed by atoms with van der Waals surface area (Å²) < 4.78 is 5.60. The van der Waals surface area contributed by atoms with E-state index in [2.05, 4.69) is 15.6 Å². The Balaban J connectivity index is 1.67. The monoisotopic (exact) mass is 346 g/mol. The van der Waals surface area contributed by atoms with Gasteiger partial charge in [-0.25, -0.2) is 0 Å². The number of hydrogen-bond acceptors (Lipinski definition) is 3. The lowest BCUT2D eigenvalue weighted by Crippen LogP contribution is -2.39. The maximum atomic E-state index is 12.0. The van der Waals surface area contributed by atoms with Gasteiger partial charge in [-0.3, -0.25) is 9.79 Å². The molecule has 1 saturated carbocycles. The van der Waals surface area contributed by atoms with E-state index in [1.807, 2.05) is 24.3 Å². The van der Waals surface area contributed by atoms with E-state index < -0.39 is 0 Å². The van der Waals surface area contributed by atoms with Crippen LogP contribution in [0, 0.1) is 5.92 Å². The lowest BCUT2D eigenvalue weighted by Gasteiger charge is -2.13. The third-order valence-corrected chi connectivity index (χ3v) is 4.10. The SMILES string of the molecule is CN=C(NCCOCC1CC1)NCCc1cccc(C(=O)N(C)C)c1. The molecule has 25 heavy (non-hydrogen) atoms. The molecular weight excluding hydrogens is 316 g/mol. The molecule has 1 aromatic rings. The summed E-state index contributed by atoms with van der Waals surface area (Å²) >= 11 is 0. The highest BCUT2D eigenvalue weighted by Gasteiger charge is 2.20. The fourth-order valence-electron chi connectivity index (χ4n) is 2.44. The first kappa shape index (κ1) is 19.2. The molecule has 1 aromatic carbocycles. The molecule has 1 amide bonds. The topological polar surface area (TPSA) is 66.0 Å². The van der Waals surface area contributed by atoms with Crippen molar-refractivity contribution in [1.82, 2.24) is 15.5 Å². The van der Waals surface area contributed by atoms with Crippen LogP contribution in [0.2, 0.25) is 0 Å². The van der Waals surface area contributed by atoms with Gasteiger partial charge >= 0.3 is 0 Å². The van der Waals surface area contributed by atoms with E-state index in [0.29, 0.717) is 6.61 Å². The zero-order valence-corrected chi connectivity index (χ0v) is 15.5. The summed E-state index contributed by atoms with van der Waals surface area (Å²) in [5, 5.41) is 6.54. The number of rotatable bonds is 9.